The molecule has 4 heterocycles. The largest absolute Gasteiger partial charge is 0.494 e. The Bertz CT molecular complexity index is 1480. The molecule has 0 bridgehead atoms. The normalized spacial score (nSPS) is 29.0. The summed E-state index contributed by atoms with van der Waals surface area (Å²) in [5.41, 5.74) is -0.225. The van der Waals surface area contributed by atoms with Crippen molar-refractivity contribution in [1.29, 1.82) is 0 Å². The zero-order chi connectivity index (χ0) is 30.5. The van der Waals surface area contributed by atoms with E-state index in [4.69, 9.17) is 21.1 Å². The van der Waals surface area contributed by atoms with Gasteiger partial charge in [-0.3, -0.25) is 14.4 Å². The van der Waals surface area contributed by atoms with Gasteiger partial charge in [0.15, 0.2) is 0 Å². The Labute approximate surface area is 256 Å². The molecule has 0 saturated carbocycles. The first kappa shape index (κ1) is 29.4. The Morgan fingerprint density at radius 1 is 1.00 bits per heavy atom. The van der Waals surface area contributed by atoms with Crippen LogP contribution in [-0.2, 0) is 19.1 Å². The standard InChI is InChI=1S/C33H36ClN3O6/c1-4-42-22-14-12-21(13-15-22)35-17-7-11-26-27(30(35)39)28-31(40)37(25(19-38)20(2)3)29-32(41)36(18-8-16-33(28,29)43-26)24-10-6-5-9-23(24)34/h5-16,20,25-29,38H,4,17-19H2,1-3H3/t25-,26+,27-,28-,29?,33-/m0/s1. The van der Waals surface area contributed by atoms with Crippen LogP contribution in [0.4, 0.5) is 11.4 Å². The maximum Gasteiger partial charge on any atom is 0.253 e. The quantitative estimate of drug-likeness (QED) is 0.482. The second-order valence-electron chi connectivity index (χ2n) is 11.7. The summed E-state index contributed by atoms with van der Waals surface area (Å²) in [4.78, 5) is 48.3. The molecule has 2 aromatic carbocycles. The monoisotopic (exact) mass is 605 g/mol. The van der Waals surface area contributed by atoms with E-state index in [1.165, 1.54) is 4.90 Å². The predicted molar refractivity (Wildman–Crippen MR) is 163 cm³/mol. The van der Waals surface area contributed by atoms with E-state index >= 15 is 0 Å². The maximum absolute atomic E-state index is 14.6. The summed E-state index contributed by atoms with van der Waals surface area (Å²) in [5, 5.41) is 10.9. The van der Waals surface area contributed by atoms with Gasteiger partial charge in [-0.05, 0) is 49.2 Å². The summed E-state index contributed by atoms with van der Waals surface area (Å²) >= 11 is 6.54. The minimum Gasteiger partial charge on any atom is -0.494 e. The summed E-state index contributed by atoms with van der Waals surface area (Å²) in [6, 6.07) is 12.6. The SMILES string of the molecule is CCOc1ccc(N2CC=C[C@H]3O[C@]45C=CCN(c6ccccc6Cl)C(=O)C4N([C@@H](CO)C(C)C)C(=O)[C@@H]5[C@H]3C2=O)cc1. The Morgan fingerprint density at radius 3 is 2.40 bits per heavy atom. The van der Waals surface area contributed by atoms with E-state index in [9.17, 15) is 19.5 Å². The van der Waals surface area contributed by atoms with E-state index in [2.05, 4.69) is 0 Å². The molecule has 4 aliphatic heterocycles. The van der Waals surface area contributed by atoms with Crippen LogP contribution in [0.15, 0.2) is 72.8 Å². The van der Waals surface area contributed by atoms with Crippen molar-refractivity contribution >= 4 is 40.7 Å². The number of carbonyl (C=O) groups is 3. The molecule has 9 nitrogen and oxygen atoms in total. The van der Waals surface area contributed by atoms with Crippen LogP contribution in [-0.4, -0.2) is 77.8 Å². The fraction of sp³-hybridized carbons (Fsp3) is 0.424. The molecule has 6 atom stereocenters. The topological polar surface area (TPSA) is 99.6 Å². The van der Waals surface area contributed by atoms with E-state index in [1.54, 1.807) is 40.1 Å². The summed E-state index contributed by atoms with van der Waals surface area (Å²) in [6.45, 7) is 6.41. The van der Waals surface area contributed by atoms with Gasteiger partial charge in [0.1, 0.15) is 17.4 Å². The Hall–Kier alpha value is -3.66. The summed E-state index contributed by atoms with van der Waals surface area (Å²) in [5.74, 6) is -2.32. The van der Waals surface area contributed by atoms with Gasteiger partial charge in [0, 0.05) is 18.8 Å². The summed E-state index contributed by atoms with van der Waals surface area (Å²) < 4.78 is 12.3. The number of ether oxygens (including phenoxy) is 2. The number of benzene rings is 2. The van der Waals surface area contributed by atoms with Crippen molar-refractivity contribution in [3.8, 4) is 5.75 Å². The highest BCUT2D eigenvalue weighted by Gasteiger charge is 2.72. The highest BCUT2D eigenvalue weighted by Crippen LogP contribution is 2.54. The van der Waals surface area contributed by atoms with Crippen molar-refractivity contribution in [3.05, 3.63) is 77.9 Å². The minimum absolute atomic E-state index is 0.167. The van der Waals surface area contributed by atoms with E-state index in [1.807, 2.05) is 63.3 Å². The number of carbonyl (C=O) groups excluding carboxylic acids is 3. The van der Waals surface area contributed by atoms with E-state index in [0.717, 1.165) is 0 Å². The Morgan fingerprint density at radius 2 is 1.72 bits per heavy atom. The molecule has 2 aromatic rings. The van der Waals surface area contributed by atoms with E-state index < -0.39 is 35.6 Å². The number of para-hydroxylation sites is 1. The molecule has 43 heavy (non-hydrogen) atoms. The van der Waals surface area contributed by atoms with Crippen molar-refractivity contribution in [1.82, 2.24) is 4.90 Å². The number of aliphatic hydroxyl groups is 1. The third kappa shape index (κ3) is 4.65. The average molecular weight is 606 g/mol. The number of fused-ring (bicyclic) bond motifs is 2. The van der Waals surface area contributed by atoms with Crippen LogP contribution >= 0.6 is 11.6 Å². The molecule has 6 rings (SSSR count). The van der Waals surface area contributed by atoms with Crippen molar-refractivity contribution in [2.75, 3.05) is 36.1 Å². The van der Waals surface area contributed by atoms with Crippen molar-refractivity contribution in [2.45, 2.75) is 44.6 Å². The molecular formula is C33H36ClN3O6. The molecular weight excluding hydrogens is 570 g/mol. The molecule has 1 N–H and O–H groups in total. The predicted octanol–water partition coefficient (Wildman–Crippen LogP) is 3.84. The summed E-state index contributed by atoms with van der Waals surface area (Å²) in [6.07, 6.45) is 6.60. The molecule has 10 heteroatoms. The number of rotatable bonds is 7. The van der Waals surface area contributed by atoms with E-state index in [0.29, 0.717) is 35.3 Å². The third-order valence-electron chi connectivity index (χ3n) is 9.01. The highest BCUT2D eigenvalue weighted by molar-refractivity contribution is 6.34. The van der Waals surface area contributed by atoms with Gasteiger partial charge < -0.3 is 29.3 Å². The Balaban J connectivity index is 1.45. The number of hydrogen-bond acceptors (Lipinski definition) is 6. The molecule has 226 valence electrons. The molecule has 0 aliphatic carbocycles. The first-order valence-corrected chi connectivity index (χ1v) is 15.2. The lowest BCUT2D eigenvalue weighted by Gasteiger charge is -2.39. The average Bonchev–Trinajstić information content (AvgIpc) is 3.30. The smallest absolute Gasteiger partial charge is 0.253 e. The number of likely N-dealkylation sites (tertiary alicyclic amines) is 1. The van der Waals surface area contributed by atoms with Crippen molar-refractivity contribution < 1.29 is 29.0 Å². The van der Waals surface area contributed by atoms with Crippen molar-refractivity contribution in [2.24, 2.45) is 17.8 Å². The molecule has 4 aliphatic rings. The lowest BCUT2D eigenvalue weighted by molar-refractivity contribution is -0.145. The first-order valence-electron chi connectivity index (χ1n) is 14.8. The van der Waals surface area contributed by atoms with Gasteiger partial charge in [-0.2, -0.15) is 0 Å². The fourth-order valence-corrected chi connectivity index (χ4v) is 7.30. The van der Waals surface area contributed by atoms with Gasteiger partial charge in [0.05, 0.1) is 47.9 Å². The van der Waals surface area contributed by atoms with Crippen LogP contribution in [0, 0.1) is 17.8 Å². The van der Waals surface area contributed by atoms with Crippen LogP contribution in [0.5, 0.6) is 5.75 Å². The van der Waals surface area contributed by atoms with Crippen LogP contribution in [0.2, 0.25) is 5.02 Å². The number of amides is 3. The minimum atomic E-state index is -1.41. The third-order valence-corrected chi connectivity index (χ3v) is 9.33. The number of hydrogen-bond donors (Lipinski definition) is 1. The van der Waals surface area contributed by atoms with Crippen LogP contribution in [0.3, 0.4) is 0 Å². The van der Waals surface area contributed by atoms with Gasteiger partial charge in [-0.15, -0.1) is 0 Å². The van der Waals surface area contributed by atoms with Crippen molar-refractivity contribution in [3.63, 3.8) is 0 Å². The van der Waals surface area contributed by atoms with Crippen LogP contribution < -0.4 is 14.5 Å². The number of aliphatic hydroxyl groups excluding tert-OH is 1. The lowest BCUT2D eigenvalue weighted by atomic mass is 9.77. The van der Waals surface area contributed by atoms with Gasteiger partial charge in [-0.1, -0.05) is 61.9 Å². The molecule has 0 aromatic heterocycles. The van der Waals surface area contributed by atoms with Gasteiger partial charge in [0.2, 0.25) is 11.8 Å². The molecule has 3 amide bonds. The molecule has 1 spiro atoms. The second-order valence-corrected chi connectivity index (χ2v) is 12.1. The number of anilines is 2. The second kappa shape index (κ2) is 11.4. The first-order chi connectivity index (χ1) is 20.7. The number of nitrogens with zero attached hydrogens (tertiary/aromatic N) is 3. The number of halogens is 1. The fourth-order valence-electron chi connectivity index (χ4n) is 7.06. The van der Waals surface area contributed by atoms with Gasteiger partial charge >= 0.3 is 0 Å². The Kier molecular flexibility index (Phi) is 7.83. The molecule has 2 saturated heterocycles. The zero-order valence-electron chi connectivity index (χ0n) is 24.4. The maximum atomic E-state index is 14.6. The van der Waals surface area contributed by atoms with Gasteiger partial charge in [0.25, 0.3) is 5.91 Å². The lowest BCUT2D eigenvalue weighted by Crippen LogP contribution is -2.59. The highest BCUT2D eigenvalue weighted by atomic mass is 35.5. The van der Waals surface area contributed by atoms with E-state index in [-0.39, 0.29) is 36.8 Å². The molecule has 1 unspecified atom stereocenters. The zero-order valence-corrected chi connectivity index (χ0v) is 25.2. The molecule has 2 fully saturated rings. The van der Waals surface area contributed by atoms with Crippen LogP contribution in [0.1, 0.15) is 20.8 Å². The summed E-state index contributed by atoms with van der Waals surface area (Å²) in [7, 11) is 0. The molecule has 0 radical (unpaired) electrons. The van der Waals surface area contributed by atoms with Gasteiger partial charge in [-0.25, -0.2) is 0 Å². The van der Waals surface area contributed by atoms with Crippen LogP contribution in [0.25, 0.3) is 0 Å².